The molecule has 0 amide bonds. The fourth-order valence-corrected chi connectivity index (χ4v) is 3.20. The quantitative estimate of drug-likeness (QED) is 0.499. The Labute approximate surface area is 158 Å². The van der Waals surface area contributed by atoms with Gasteiger partial charge in [0.1, 0.15) is 17.5 Å². The zero-order valence-corrected chi connectivity index (χ0v) is 16.4. The molecule has 5 nitrogen and oxygen atoms in total. The number of hydrogen-bond acceptors (Lipinski definition) is 4. The highest BCUT2D eigenvalue weighted by atomic mass is 19.1. The highest BCUT2D eigenvalue weighted by molar-refractivity contribution is 5.93. The molecule has 140 valence electrons. The van der Waals surface area contributed by atoms with Crippen LogP contribution in [0.4, 0.5) is 15.9 Å². The van der Waals surface area contributed by atoms with Crippen molar-refractivity contribution < 1.29 is 4.39 Å². The first-order valence-corrected chi connectivity index (χ1v) is 9.23. The molecule has 0 aliphatic rings. The first-order chi connectivity index (χ1) is 13.1. The summed E-state index contributed by atoms with van der Waals surface area (Å²) in [7, 11) is 0. The molecule has 0 radical (unpaired) electrons. The number of fused-ring (bicyclic) bond motifs is 3. The largest absolute Gasteiger partial charge is 0.326 e. The Morgan fingerprint density at radius 2 is 1.81 bits per heavy atom. The van der Waals surface area contributed by atoms with Crippen LogP contribution in [-0.4, -0.2) is 26.1 Å². The van der Waals surface area contributed by atoms with E-state index in [-0.39, 0.29) is 5.82 Å². The van der Waals surface area contributed by atoms with Gasteiger partial charge in [0.05, 0.1) is 5.52 Å². The Balaban J connectivity index is 0.00000102. The number of hydrogen-bond donors (Lipinski definition) is 0. The van der Waals surface area contributed by atoms with Gasteiger partial charge in [-0.15, -0.1) is 10.2 Å². The summed E-state index contributed by atoms with van der Waals surface area (Å²) in [6.45, 7) is 10.7. The Bertz CT molecular complexity index is 1090. The minimum absolute atomic E-state index is 0.291. The van der Waals surface area contributed by atoms with Crippen molar-refractivity contribution in [1.82, 2.24) is 19.6 Å². The molecule has 2 aromatic carbocycles. The van der Waals surface area contributed by atoms with Crippen LogP contribution in [0.3, 0.4) is 0 Å². The van der Waals surface area contributed by atoms with Crippen LogP contribution < -0.4 is 4.90 Å². The zero-order chi connectivity index (χ0) is 19.6. The Kier molecular flexibility index (Phi) is 5.35. The lowest BCUT2D eigenvalue weighted by molar-refractivity contribution is 0.629. The molecule has 0 spiro atoms. The molecule has 2 aromatic heterocycles. The van der Waals surface area contributed by atoms with E-state index in [2.05, 4.69) is 28.1 Å². The van der Waals surface area contributed by atoms with Crippen LogP contribution in [0.25, 0.3) is 16.7 Å². The molecular weight excluding hydrogens is 341 g/mol. The average molecular weight is 365 g/mol. The first kappa shape index (κ1) is 18.8. The van der Waals surface area contributed by atoms with Crippen LogP contribution in [-0.2, 0) is 0 Å². The van der Waals surface area contributed by atoms with Gasteiger partial charge in [-0.25, -0.2) is 4.39 Å². The molecule has 0 aliphatic heterocycles. The maximum absolute atomic E-state index is 14.0. The Morgan fingerprint density at radius 1 is 1.04 bits per heavy atom. The third kappa shape index (κ3) is 3.35. The molecule has 0 fully saturated rings. The third-order valence-corrected chi connectivity index (χ3v) is 4.34. The molecule has 0 bridgehead atoms. The summed E-state index contributed by atoms with van der Waals surface area (Å²) in [5.41, 5.74) is 3.02. The summed E-state index contributed by atoms with van der Waals surface area (Å²) in [6, 6.07) is 12.9. The third-order valence-electron chi connectivity index (χ3n) is 4.34. The maximum Gasteiger partial charge on any atom is 0.257 e. The predicted molar refractivity (Wildman–Crippen MR) is 108 cm³/mol. The molecule has 0 unspecified atom stereocenters. The van der Waals surface area contributed by atoms with Gasteiger partial charge in [0.2, 0.25) is 0 Å². The van der Waals surface area contributed by atoms with Crippen molar-refractivity contribution in [3.05, 3.63) is 59.7 Å². The van der Waals surface area contributed by atoms with E-state index in [9.17, 15) is 4.39 Å². The van der Waals surface area contributed by atoms with Gasteiger partial charge in [-0.2, -0.15) is 4.98 Å². The fourth-order valence-electron chi connectivity index (χ4n) is 3.20. The van der Waals surface area contributed by atoms with Crippen molar-refractivity contribution in [2.24, 2.45) is 0 Å². The van der Waals surface area contributed by atoms with E-state index >= 15 is 0 Å². The van der Waals surface area contributed by atoms with Gasteiger partial charge < -0.3 is 4.90 Å². The number of rotatable bonds is 3. The topological polar surface area (TPSA) is 46.3 Å². The summed E-state index contributed by atoms with van der Waals surface area (Å²) >= 11 is 0. The van der Waals surface area contributed by atoms with E-state index in [0.29, 0.717) is 18.1 Å². The molecule has 0 saturated heterocycles. The first-order valence-electron chi connectivity index (χ1n) is 9.23. The highest BCUT2D eigenvalue weighted by Crippen LogP contribution is 2.32. The summed E-state index contributed by atoms with van der Waals surface area (Å²) in [4.78, 5) is 6.76. The molecular formula is C21H24FN5. The SMILES string of the molecule is CC.CCN(c1cccc(C)c1)c1nc2nnc(C)n2c2ccc(F)cc12. The fraction of sp³-hybridized carbons (Fsp3) is 0.286. The lowest BCUT2D eigenvalue weighted by atomic mass is 10.1. The van der Waals surface area contributed by atoms with Crippen LogP contribution >= 0.6 is 0 Å². The average Bonchev–Trinajstić information content (AvgIpc) is 3.05. The summed E-state index contributed by atoms with van der Waals surface area (Å²) in [5, 5.41) is 9.02. The minimum atomic E-state index is -0.291. The smallest absolute Gasteiger partial charge is 0.257 e. The summed E-state index contributed by atoms with van der Waals surface area (Å²) < 4.78 is 15.8. The number of anilines is 2. The second-order valence-corrected chi connectivity index (χ2v) is 6.06. The van der Waals surface area contributed by atoms with Crippen molar-refractivity contribution in [2.75, 3.05) is 11.4 Å². The van der Waals surface area contributed by atoms with Crippen molar-refractivity contribution in [1.29, 1.82) is 0 Å². The second kappa shape index (κ2) is 7.70. The van der Waals surface area contributed by atoms with Gasteiger partial charge >= 0.3 is 0 Å². The Hall–Kier alpha value is -3.02. The molecule has 2 heterocycles. The molecule has 27 heavy (non-hydrogen) atoms. The summed E-state index contributed by atoms with van der Waals surface area (Å²) in [6.07, 6.45) is 0. The molecule has 0 aliphatic carbocycles. The zero-order valence-electron chi connectivity index (χ0n) is 16.4. The normalized spacial score (nSPS) is 10.7. The lowest BCUT2D eigenvalue weighted by Gasteiger charge is -2.24. The Morgan fingerprint density at radius 3 is 2.52 bits per heavy atom. The number of aromatic nitrogens is 4. The van der Waals surface area contributed by atoms with Gasteiger partial charge in [0, 0.05) is 17.6 Å². The molecule has 6 heteroatoms. The van der Waals surface area contributed by atoms with E-state index in [4.69, 9.17) is 4.98 Å². The molecule has 0 N–H and O–H groups in total. The van der Waals surface area contributed by atoms with E-state index < -0.39 is 0 Å². The predicted octanol–water partition coefficient (Wildman–Crippen LogP) is 5.22. The minimum Gasteiger partial charge on any atom is -0.326 e. The van der Waals surface area contributed by atoms with E-state index in [1.165, 1.54) is 12.1 Å². The van der Waals surface area contributed by atoms with Crippen molar-refractivity contribution in [2.45, 2.75) is 34.6 Å². The van der Waals surface area contributed by atoms with Crippen LogP contribution in [0.15, 0.2) is 42.5 Å². The van der Waals surface area contributed by atoms with Gasteiger partial charge in [0.15, 0.2) is 0 Å². The number of aryl methyl sites for hydroxylation is 2. The molecule has 4 rings (SSSR count). The summed E-state index contributed by atoms with van der Waals surface area (Å²) in [5.74, 6) is 1.63. The lowest BCUT2D eigenvalue weighted by Crippen LogP contribution is -2.18. The molecule has 4 aromatic rings. The monoisotopic (exact) mass is 365 g/mol. The van der Waals surface area contributed by atoms with Gasteiger partial charge in [-0.3, -0.25) is 4.40 Å². The highest BCUT2D eigenvalue weighted by Gasteiger charge is 2.18. The van der Waals surface area contributed by atoms with Crippen molar-refractivity contribution in [3.63, 3.8) is 0 Å². The standard InChI is InChI=1S/C19H18FN5.C2H6/c1-4-24(15-7-5-6-12(2)10-15)18-16-11-14(20)8-9-17(16)25-13(3)22-23-19(25)21-18;1-2/h5-11H,4H2,1-3H3;1-2H3. The number of benzene rings is 2. The van der Waals surface area contributed by atoms with E-state index in [1.807, 2.05) is 50.3 Å². The van der Waals surface area contributed by atoms with Gasteiger partial charge in [-0.1, -0.05) is 26.0 Å². The van der Waals surface area contributed by atoms with Crippen LogP contribution in [0.2, 0.25) is 0 Å². The number of nitrogens with zero attached hydrogens (tertiary/aromatic N) is 5. The number of halogens is 1. The van der Waals surface area contributed by atoms with Crippen molar-refractivity contribution >= 4 is 28.2 Å². The van der Waals surface area contributed by atoms with Gasteiger partial charge in [0.25, 0.3) is 5.78 Å². The van der Waals surface area contributed by atoms with E-state index in [0.717, 1.165) is 28.0 Å². The van der Waals surface area contributed by atoms with E-state index in [1.54, 1.807) is 6.07 Å². The maximum atomic E-state index is 14.0. The molecule has 0 saturated carbocycles. The van der Waals surface area contributed by atoms with Crippen LogP contribution in [0, 0.1) is 19.7 Å². The van der Waals surface area contributed by atoms with Crippen molar-refractivity contribution in [3.8, 4) is 0 Å². The molecule has 0 atom stereocenters. The second-order valence-electron chi connectivity index (χ2n) is 6.06. The van der Waals surface area contributed by atoms with Crippen LogP contribution in [0.1, 0.15) is 32.2 Å². The van der Waals surface area contributed by atoms with Crippen LogP contribution in [0.5, 0.6) is 0 Å². The van der Waals surface area contributed by atoms with Gasteiger partial charge in [-0.05, 0) is 56.7 Å².